The molecule has 104 valence electrons. The molecule has 2 heterocycles. The highest BCUT2D eigenvalue weighted by Gasteiger charge is 2.22. The van der Waals surface area contributed by atoms with Gasteiger partial charge in [-0.1, -0.05) is 39.0 Å². The molecule has 0 radical (unpaired) electrons. The molecule has 1 aromatic heterocycles. The number of nitrogens with two attached hydrogens (primary N) is 1. The predicted octanol–water partition coefficient (Wildman–Crippen LogP) is 2.44. The number of aromatic nitrogens is 2. The molecule has 0 unspecified atom stereocenters. The van der Waals surface area contributed by atoms with E-state index in [4.69, 9.17) is 5.73 Å². The first-order valence-corrected chi connectivity index (χ1v) is 7.22. The fourth-order valence-corrected chi connectivity index (χ4v) is 2.21. The molecule has 0 amide bonds. The van der Waals surface area contributed by atoms with Crippen LogP contribution in [0.3, 0.4) is 0 Å². The van der Waals surface area contributed by atoms with E-state index in [0.29, 0.717) is 5.82 Å². The van der Waals surface area contributed by atoms with Crippen LogP contribution in [-0.4, -0.2) is 28.8 Å². The van der Waals surface area contributed by atoms with Gasteiger partial charge in [0.2, 0.25) is 0 Å². The van der Waals surface area contributed by atoms with Crippen molar-refractivity contribution in [2.45, 2.75) is 45.4 Å². The molecule has 0 aromatic carbocycles. The van der Waals surface area contributed by atoms with Gasteiger partial charge >= 0.3 is 0 Å². The van der Waals surface area contributed by atoms with Crippen molar-refractivity contribution in [3.63, 3.8) is 0 Å². The van der Waals surface area contributed by atoms with Crippen molar-refractivity contribution in [3.05, 3.63) is 12.0 Å². The van der Waals surface area contributed by atoms with Crippen molar-refractivity contribution in [2.75, 3.05) is 18.8 Å². The molecule has 0 atom stereocenters. The smallest absolute Gasteiger partial charge is 0.153 e. The molecule has 0 spiro atoms. The minimum Gasteiger partial charge on any atom is -0.382 e. The van der Waals surface area contributed by atoms with E-state index >= 15 is 0 Å². The lowest BCUT2D eigenvalue weighted by molar-refractivity contribution is 0.587. The molecule has 0 saturated heterocycles. The van der Waals surface area contributed by atoms with Gasteiger partial charge in [-0.2, -0.15) is 0 Å². The third kappa shape index (κ3) is 3.73. The Morgan fingerprint density at radius 2 is 1.89 bits per heavy atom. The number of nitrogens with zero attached hydrogens (tertiary/aromatic N) is 3. The average molecular weight is 261 g/mol. The minimum absolute atomic E-state index is 0.477. The third-order valence-corrected chi connectivity index (χ3v) is 3.37. The van der Waals surface area contributed by atoms with Crippen molar-refractivity contribution >= 4 is 17.2 Å². The molecule has 19 heavy (non-hydrogen) atoms. The van der Waals surface area contributed by atoms with Gasteiger partial charge in [-0.3, -0.25) is 0 Å². The summed E-state index contributed by atoms with van der Waals surface area (Å²) in [5.74, 6) is 0.477. The molecule has 1 aromatic rings. The molecule has 5 heteroatoms. The summed E-state index contributed by atoms with van der Waals surface area (Å²) in [7, 11) is 0. The number of hydrogen-bond acceptors (Lipinski definition) is 5. The number of rotatable bonds is 9. The number of aliphatic imine (C=N–C) groups is 1. The lowest BCUT2D eigenvalue weighted by Gasteiger charge is -2.18. The number of unbranched alkanes of at least 4 members (excludes halogenated alkanes) is 5. The van der Waals surface area contributed by atoms with Crippen molar-refractivity contribution in [1.82, 2.24) is 15.3 Å². The zero-order valence-electron chi connectivity index (χ0n) is 11.7. The van der Waals surface area contributed by atoms with Crippen LogP contribution in [-0.2, 0) is 0 Å². The van der Waals surface area contributed by atoms with E-state index in [9.17, 15) is 0 Å². The maximum Gasteiger partial charge on any atom is 0.153 e. The lowest BCUT2D eigenvalue weighted by Crippen LogP contribution is -2.29. The van der Waals surface area contributed by atoms with E-state index < -0.39 is 0 Å². The summed E-state index contributed by atoms with van der Waals surface area (Å²) >= 11 is 0. The second kappa shape index (κ2) is 7.19. The van der Waals surface area contributed by atoms with Crippen LogP contribution in [0.15, 0.2) is 11.3 Å². The molecule has 2 rings (SSSR count). The molecular formula is C14H23N5. The lowest BCUT2D eigenvalue weighted by atomic mass is 10.1. The maximum atomic E-state index is 5.69. The van der Waals surface area contributed by atoms with Crippen molar-refractivity contribution in [2.24, 2.45) is 4.99 Å². The summed E-state index contributed by atoms with van der Waals surface area (Å²) in [5.41, 5.74) is 8.34. The van der Waals surface area contributed by atoms with Gasteiger partial charge in [0, 0.05) is 6.54 Å². The summed E-state index contributed by atoms with van der Waals surface area (Å²) in [6, 6.07) is 0. The quantitative estimate of drug-likeness (QED) is 0.669. The molecule has 0 bridgehead atoms. The molecule has 0 saturated carbocycles. The number of nitrogen functional groups attached to an aromatic ring is 1. The van der Waals surface area contributed by atoms with Gasteiger partial charge in [-0.15, -0.1) is 0 Å². The van der Waals surface area contributed by atoms with Crippen LogP contribution in [0.2, 0.25) is 0 Å². The minimum atomic E-state index is 0.477. The highest BCUT2D eigenvalue weighted by molar-refractivity contribution is 6.13. The van der Waals surface area contributed by atoms with Gasteiger partial charge in [-0.05, 0) is 13.0 Å². The first-order valence-electron chi connectivity index (χ1n) is 7.22. The van der Waals surface area contributed by atoms with Crippen LogP contribution in [0.5, 0.6) is 0 Å². The standard InChI is InChI=1S/C14H23N5/c1-2-3-4-5-6-7-8-16-9-11-12-13(19-11)14(15)18-10-17-12/h10,16H,2-9H2,1H3,(H2,15,17,18). The molecule has 5 nitrogen and oxygen atoms in total. The summed E-state index contributed by atoms with van der Waals surface area (Å²) < 4.78 is 0. The summed E-state index contributed by atoms with van der Waals surface area (Å²) in [6.07, 6.45) is 9.43. The topological polar surface area (TPSA) is 76.2 Å². The Hall–Kier alpha value is -1.49. The van der Waals surface area contributed by atoms with Crippen LogP contribution in [0.4, 0.5) is 11.5 Å². The largest absolute Gasteiger partial charge is 0.382 e. The molecule has 1 aliphatic heterocycles. The number of hydrogen-bond donors (Lipinski definition) is 2. The van der Waals surface area contributed by atoms with Crippen LogP contribution >= 0.6 is 0 Å². The van der Waals surface area contributed by atoms with Crippen LogP contribution in [0.1, 0.15) is 51.1 Å². The number of anilines is 1. The zero-order valence-corrected chi connectivity index (χ0v) is 11.7. The van der Waals surface area contributed by atoms with Gasteiger partial charge in [0.1, 0.15) is 17.7 Å². The Balaban J connectivity index is 1.56. The zero-order chi connectivity index (χ0) is 13.5. The van der Waals surface area contributed by atoms with Gasteiger partial charge < -0.3 is 11.1 Å². The molecule has 0 aliphatic carbocycles. The Labute approximate surface area is 114 Å². The van der Waals surface area contributed by atoms with Crippen LogP contribution < -0.4 is 11.1 Å². The van der Waals surface area contributed by atoms with Crippen molar-refractivity contribution < 1.29 is 0 Å². The van der Waals surface area contributed by atoms with E-state index in [-0.39, 0.29) is 0 Å². The third-order valence-electron chi connectivity index (χ3n) is 3.37. The monoisotopic (exact) mass is 261 g/mol. The van der Waals surface area contributed by atoms with E-state index in [1.54, 1.807) is 0 Å². The Kier molecular flexibility index (Phi) is 5.27. The Bertz CT molecular complexity index is 441. The summed E-state index contributed by atoms with van der Waals surface area (Å²) in [5, 5.41) is 3.41. The molecular weight excluding hydrogens is 238 g/mol. The maximum absolute atomic E-state index is 5.69. The highest BCUT2D eigenvalue weighted by atomic mass is 15.0. The number of nitrogens with one attached hydrogen (secondary N) is 1. The summed E-state index contributed by atoms with van der Waals surface area (Å²) in [4.78, 5) is 12.5. The van der Waals surface area contributed by atoms with Gasteiger partial charge in [0.05, 0.1) is 5.71 Å². The fourth-order valence-electron chi connectivity index (χ4n) is 2.21. The second-order valence-electron chi connectivity index (χ2n) is 4.96. The highest BCUT2D eigenvalue weighted by Crippen LogP contribution is 2.31. The SMILES string of the molecule is CCCCCCCCNCC1=Nc2c(N)ncnc21. The van der Waals surface area contributed by atoms with Gasteiger partial charge in [0.25, 0.3) is 0 Å². The van der Waals surface area contributed by atoms with E-state index in [1.165, 1.54) is 44.9 Å². The normalized spacial score (nSPS) is 12.8. The first kappa shape index (κ1) is 13.9. The Morgan fingerprint density at radius 1 is 1.11 bits per heavy atom. The van der Waals surface area contributed by atoms with Crippen LogP contribution in [0.25, 0.3) is 0 Å². The van der Waals surface area contributed by atoms with E-state index in [2.05, 4.69) is 27.2 Å². The van der Waals surface area contributed by atoms with Crippen molar-refractivity contribution in [3.8, 4) is 0 Å². The first-order chi connectivity index (χ1) is 9.33. The molecule has 1 aliphatic rings. The van der Waals surface area contributed by atoms with Crippen LogP contribution in [0, 0.1) is 0 Å². The Morgan fingerprint density at radius 3 is 2.74 bits per heavy atom. The summed E-state index contributed by atoms with van der Waals surface area (Å²) in [6.45, 7) is 4.06. The average Bonchev–Trinajstić information content (AvgIpc) is 2.39. The molecule has 3 N–H and O–H groups in total. The van der Waals surface area contributed by atoms with Crippen molar-refractivity contribution in [1.29, 1.82) is 0 Å². The molecule has 0 fully saturated rings. The van der Waals surface area contributed by atoms with E-state index in [1.807, 2.05) is 0 Å². The van der Waals surface area contributed by atoms with Gasteiger partial charge in [-0.25, -0.2) is 15.0 Å². The van der Waals surface area contributed by atoms with Gasteiger partial charge in [0.15, 0.2) is 5.82 Å². The predicted molar refractivity (Wildman–Crippen MR) is 78.9 cm³/mol. The fraction of sp³-hybridized carbons (Fsp3) is 0.643. The second-order valence-corrected chi connectivity index (χ2v) is 4.96. The number of fused-ring (bicyclic) bond motifs is 1. The van der Waals surface area contributed by atoms with E-state index in [0.717, 1.165) is 30.2 Å².